The van der Waals surface area contributed by atoms with Crippen LogP contribution in [-0.2, 0) is 4.74 Å². The number of ether oxygens (including phenoxy) is 1. The minimum atomic E-state index is -0.277. The predicted molar refractivity (Wildman–Crippen MR) is 110 cm³/mol. The van der Waals surface area contributed by atoms with Gasteiger partial charge in [0, 0.05) is 29.5 Å². The zero-order chi connectivity index (χ0) is 19.1. The van der Waals surface area contributed by atoms with Gasteiger partial charge in [0.15, 0.2) is 5.88 Å². The molecule has 0 heterocycles. The van der Waals surface area contributed by atoms with E-state index in [0.717, 1.165) is 11.1 Å². The average molecular weight is 371 g/mol. The number of allylic oxidation sites excluding steroid dienone is 1. The molecule has 0 saturated carbocycles. The van der Waals surface area contributed by atoms with Crippen molar-refractivity contribution in [2.45, 2.75) is 13.0 Å². The average Bonchev–Trinajstić information content (AvgIpc) is 2.61. The molecule has 0 aromatic heterocycles. The second kappa shape index (κ2) is 8.97. The lowest BCUT2D eigenvalue weighted by Gasteiger charge is -2.20. The van der Waals surface area contributed by atoms with Crippen LogP contribution in [0.25, 0.3) is 5.70 Å². The van der Waals surface area contributed by atoms with Gasteiger partial charge < -0.3 is 21.5 Å². The summed E-state index contributed by atoms with van der Waals surface area (Å²) in [7, 11) is 1.66. The molecular weight excluding hydrogens is 348 g/mol. The fourth-order valence-corrected chi connectivity index (χ4v) is 2.67. The van der Waals surface area contributed by atoms with Gasteiger partial charge in [-0.3, -0.25) is 4.99 Å². The second-order valence-electron chi connectivity index (χ2n) is 5.67. The van der Waals surface area contributed by atoms with Gasteiger partial charge in [0.05, 0.1) is 11.4 Å². The standard InChI is InChI=1S/C20H23ClN4O/c1-13(17-6-4-5-7-18(17)21)26-14(2)25-19(12-24-3)20(23)15-8-10-16(22)11-9-15/h4-13,25H,2,22-23H2,1,3H3/b20-19+,24-12?. The Balaban J connectivity index is 2.16. The van der Waals surface area contributed by atoms with Crippen molar-refractivity contribution in [2.75, 3.05) is 12.8 Å². The normalized spacial score (nSPS) is 13.2. The van der Waals surface area contributed by atoms with E-state index in [1.807, 2.05) is 43.3 Å². The topological polar surface area (TPSA) is 85.7 Å². The van der Waals surface area contributed by atoms with Gasteiger partial charge in [0.1, 0.15) is 6.10 Å². The van der Waals surface area contributed by atoms with Gasteiger partial charge in [-0.05, 0) is 37.3 Å². The van der Waals surface area contributed by atoms with Crippen LogP contribution in [0.5, 0.6) is 0 Å². The maximum Gasteiger partial charge on any atom is 0.184 e. The Hall–Kier alpha value is -2.92. The van der Waals surface area contributed by atoms with Crippen LogP contribution in [0, 0.1) is 0 Å². The number of rotatable bonds is 7. The third-order valence-electron chi connectivity index (χ3n) is 3.71. The van der Waals surface area contributed by atoms with E-state index in [0.29, 0.717) is 28.0 Å². The number of nitrogens with one attached hydrogen (secondary N) is 1. The van der Waals surface area contributed by atoms with E-state index in [1.165, 1.54) is 0 Å². The molecular formula is C20H23ClN4O. The number of nitrogen functional groups attached to an aromatic ring is 1. The monoisotopic (exact) mass is 370 g/mol. The molecule has 5 nitrogen and oxygen atoms in total. The first-order chi connectivity index (χ1) is 12.4. The largest absolute Gasteiger partial charge is 0.472 e. The summed E-state index contributed by atoms with van der Waals surface area (Å²) in [6.07, 6.45) is 1.33. The van der Waals surface area contributed by atoms with Crippen molar-refractivity contribution in [1.82, 2.24) is 5.32 Å². The molecule has 0 aliphatic rings. The highest BCUT2D eigenvalue weighted by molar-refractivity contribution is 6.31. The molecule has 0 fully saturated rings. The smallest absolute Gasteiger partial charge is 0.184 e. The molecule has 0 saturated heterocycles. The second-order valence-corrected chi connectivity index (χ2v) is 6.07. The van der Waals surface area contributed by atoms with E-state index < -0.39 is 0 Å². The number of halogens is 1. The van der Waals surface area contributed by atoms with Gasteiger partial charge in [-0.15, -0.1) is 0 Å². The Bertz CT molecular complexity index is 828. The van der Waals surface area contributed by atoms with E-state index in [-0.39, 0.29) is 6.10 Å². The molecule has 0 spiro atoms. The fraction of sp³-hybridized carbons (Fsp3) is 0.150. The Morgan fingerprint density at radius 2 is 1.88 bits per heavy atom. The summed E-state index contributed by atoms with van der Waals surface area (Å²) in [4.78, 5) is 4.04. The van der Waals surface area contributed by atoms with Crippen molar-refractivity contribution in [3.63, 3.8) is 0 Å². The zero-order valence-electron chi connectivity index (χ0n) is 14.9. The van der Waals surface area contributed by atoms with Crippen molar-refractivity contribution >= 4 is 29.2 Å². The first-order valence-corrected chi connectivity index (χ1v) is 8.45. The maximum atomic E-state index is 6.26. The molecule has 0 aliphatic heterocycles. The number of aliphatic imine (C=N–C) groups is 1. The summed E-state index contributed by atoms with van der Waals surface area (Å²) < 4.78 is 5.84. The number of nitrogens with two attached hydrogens (primary N) is 2. The summed E-state index contributed by atoms with van der Waals surface area (Å²) in [6, 6.07) is 14.8. The van der Waals surface area contributed by atoms with E-state index in [4.69, 9.17) is 27.8 Å². The fourth-order valence-electron chi connectivity index (χ4n) is 2.38. The van der Waals surface area contributed by atoms with E-state index in [9.17, 15) is 0 Å². The number of hydrogen-bond donors (Lipinski definition) is 3. The molecule has 1 atom stereocenters. The molecule has 2 aromatic carbocycles. The third-order valence-corrected chi connectivity index (χ3v) is 4.05. The molecule has 5 N–H and O–H groups in total. The highest BCUT2D eigenvalue weighted by Crippen LogP contribution is 2.26. The summed E-state index contributed by atoms with van der Waals surface area (Å²) in [5, 5.41) is 3.70. The highest BCUT2D eigenvalue weighted by atomic mass is 35.5. The van der Waals surface area contributed by atoms with E-state index in [2.05, 4.69) is 16.9 Å². The van der Waals surface area contributed by atoms with Crippen molar-refractivity contribution in [3.8, 4) is 0 Å². The molecule has 2 aromatic rings. The van der Waals surface area contributed by atoms with Crippen molar-refractivity contribution in [1.29, 1.82) is 0 Å². The predicted octanol–water partition coefficient (Wildman–Crippen LogP) is 4.09. The SMILES string of the molecule is C=C(N/C(C=NC)=C(/N)c1ccc(N)cc1)OC(C)c1ccccc1Cl. The van der Waals surface area contributed by atoms with Crippen molar-refractivity contribution in [2.24, 2.45) is 10.7 Å². The van der Waals surface area contributed by atoms with Crippen LogP contribution in [0.3, 0.4) is 0 Å². The number of hydrogen-bond acceptors (Lipinski definition) is 5. The summed E-state index contributed by atoms with van der Waals surface area (Å²) >= 11 is 6.21. The first-order valence-electron chi connectivity index (χ1n) is 8.07. The lowest BCUT2D eigenvalue weighted by atomic mass is 10.1. The van der Waals surface area contributed by atoms with Gasteiger partial charge in [-0.1, -0.05) is 41.9 Å². The number of benzene rings is 2. The molecule has 0 aliphatic carbocycles. The molecule has 0 radical (unpaired) electrons. The molecule has 26 heavy (non-hydrogen) atoms. The lowest BCUT2D eigenvalue weighted by molar-refractivity contribution is 0.122. The molecule has 6 heteroatoms. The maximum absolute atomic E-state index is 6.26. The van der Waals surface area contributed by atoms with Crippen LogP contribution >= 0.6 is 11.6 Å². The van der Waals surface area contributed by atoms with Gasteiger partial charge in [0.25, 0.3) is 0 Å². The van der Waals surface area contributed by atoms with Gasteiger partial charge >= 0.3 is 0 Å². The van der Waals surface area contributed by atoms with Crippen molar-refractivity contribution < 1.29 is 4.74 Å². The van der Waals surface area contributed by atoms with Gasteiger partial charge in [-0.25, -0.2) is 0 Å². The van der Waals surface area contributed by atoms with Gasteiger partial charge in [0.2, 0.25) is 0 Å². The lowest BCUT2D eigenvalue weighted by Crippen LogP contribution is -2.20. The first kappa shape index (κ1) is 19.4. The number of nitrogens with zero attached hydrogens (tertiary/aromatic N) is 1. The Morgan fingerprint density at radius 3 is 2.50 bits per heavy atom. The highest BCUT2D eigenvalue weighted by Gasteiger charge is 2.13. The molecule has 0 amide bonds. The molecule has 0 bridgehead atoms. The Morgan fingerprint density at radius 1 is 1.23 bits per heavy atom. The van der Waals surface area contributed by atoms with Crippen LogP contribution in [0.15, 0.2) is 71.7 Å². The molecule has 136 valence electrons. The summed E-state index contributed by atoms with van der Waals surface area (Å²) in [5.74, 6) is 0.339. The quantitative estimate of drug-likeness (QED) is 0.389. The van der Waals surface area contributed by atoms with Crippen molar-refractivity contribution in [3.05, 3.63) is 82.8 Å². The summed E-state index contributed by atoms with van der Waals surface area (Å²) in [6.45, 7) is 5.81. The molecule has 2 rings (SSSR count). The summed E-state index contributed by atoms with van der Waals surface area (Å²) in [5.41, 5.74) is 15.4. The van der Waals surface area contributed by atoms with Crippen LogP contribution in [0.2, 0.25) is 5.02 Å². The van der Waals surface area contributed by atoms with Gasteiger partial charge in [-0.2, -0.15) is 0 Å². The minimum Gasteiger partial charge on any atom is -0.472 e. The Kier molecular flexibility index (Phi) is 6.69. The van der Waals surface area contributed by atoms with Crippen LogP contribution < -0.4 is 16.8 Å². The van der Waals surface area contributed by atoms with E-state index in [1.54, 1.807) is 25.4 Å². The third kappa shape index (κ3) is 5.04. The minimum absolute atomic E-state index is 0.277. The van der Waals surface area contributed by atoms with Crippen LogP contribution in [0.4, 0.5) is 5.69 Å². The Labute approximate surface area is 159 Å². The van der Waals surface area contributed by atoms with E-state index >= 15 is 0 Å². The molecule has 1 unspecified atom stereocenters. The van der Waals surface area contributed by atoms with Crippen LogP contribution in [0.1, 0.15) is 24.2 Å². The number of anilines is 1. The zero-order valence-corrected chi connectivity index (χ0v) is 15.6. The van der Waals surface area contributed by atoms with Crippen LogP contribution in [-0.4, -0.2) is 13.3 Å².